The number of thiazole rings is 1. The number of ether oxygens (including phenoxy) is 2. The molecule has 0 saturated heterocycles. The maximum Gasteiger partial charge on any atom is 0.293 e. The third-order valence-electron chi connectivity index (χ3n) is 6.57. The van der Waals surface area contributed by atoms with Crippen LogP contribution >= 0.6 is 11.3 Å². The first-order valence-electron chi connectivity index (χ1n) is 15.6. The van der Waals surface area contributed by atoms with Gasteiger partial charge in [0.05, 0.1) is 34.4 Å². The van der Waals surface area contributed by atoms with Crippen LogP contribution in [0.15, 0.2) is 66.9 Å². The van der Waals surface area contributed by atoms with E-state index in [4.69, 9.17) is 14.7 Å². The Kier molecular flexibility index (Phi) is 15.5. The van der Waals surface area contributed by atoms with E-state index in [-0.39, 0.29) is 11.6 Å². The lowest BCUT2D eigenvalue weighted by Crippen LogP contribution is -2.17. The molecule has 0 amide bonds. The minimum atomic E-state index is -0.318. The molecule has 0 radical (unpaired) electrons. The van der Waals surface area contributed by atoms with Crippen LogP contribution in [0.25, 0.3) is 21.8 Å². The van der Waals surface area contributed by atoms with Crippen molar-refractivity contribution >= 4 is 23.8 Å². The highest BCUT2D eigenvalue weighted by Crippen LogP contribution is 2.41. The number of rotatable bonds is 12. The van der Waals surface area contributed by atoms with E-state index in [1.54, 1.807) is 18.4 Å². The van der Waals surface area contributed by atoms with E-state index in [1.807, 2.05) is 77.2 Å². The molecule has 0 saturated carbocycles. The molecule has 7 nitrogen and oxygen atoms in total. The normalized spacial score (nSPS) is 11.4. The number of aromatic nitrogens is 3. The molecule has 238 valence electrons. The molecule has 0 spiro atoms. The van der Waals surface area contributed by atoms with Crippen molar-refractivity contribution in [2.75, 3.05) is 12.4 Å². The van der Waals surface area contributed by atoms with E-state index in [0.29, 0.717) is 18.3 Å². The maximum absolute atomic E-state index is 9.60. The van der Waals surface area contributed by atoms with Crippen LogP contribution in [0.3, 0.4) is 0 Å². The van der Waals surface area contributed by atoms with Crippen molar-refractivity contribution in [3.8, 4) is 27.6 Å². The van der Waals surface area contributed by atoms with Crippen LogP contribution < -0.4 is 10.1 Å². The summed E-state index contributed by atoms with van der Waals surface area (Å²) in [6, 6.07) is 20.6. The lowest BCUT2D eigenvalue weighted by molar-refractivity contribution is -0.138. The van der Waals surface area contributed by atoms with Gasteiger partial charge < -0.3 is 14.8 Å². The van der Waals surface area contributed by atoms with E-state index in [2.05, 4.69) is 60.1 Å². The maximum atomic E-state index is 9.60. The Morgan fingerprint density at radius 1 is 0.932 bits per heavy atom. The van der Waals surface area contributed by atoms with Crippen LogP contribution in [-0.4, -0.2) is 34.1 Å². The van der Waals surface area contributed by atoms with E-state index in [9.17, 15) is 4.79 Å². The molecule has 1 unspecified atom stereocenters. The fourth-order valence-electron chi connectivity index (χ4n) is 4.44. The average molecular weight is 619 g/mol. The zero-order chi connectivity index (χ0) is 32.5. The Morgan fingerprint density at radius 2 is 1.57 bits per heavy atom. The second kappa shape index (κ2) is 18.8. The Balaban J connectivity index is 0.000000661. The summed E-state index contributed by atoms with van der Waals surface area (Å²) in [5.41, 5.74) is 3.82. The van der Waals surface area contributed by atoms with Crippen molar-refractivity contribution in [2.45, 2.75) is 98.6 Å². The van der Waals surface area contributed by atoms with Gasteiger partial charge in [0.2, 0.25) is 5.95 Å². The summed E-state index contributed by atoms with van der Waals surface area (Å²) in [4.78, 5) is 25.3. The highest BCUT2D eigenvalue weighted by molar-refractivity contribution is 7.15. The summed E-state index contributed by atoms with van der Waals surface area (Å²) in [6.45, 7) is 16.5. The first kappa shape index (κ1) is 36.4. The Bertz CT molecular complexity index is 1360. The molecular weight excluding hydrogens is 568 g/mol. The molecule has 2 heterocycles. The summed E-state index contributed by atoms with van der Waals surface area (Å²) in [6.07, 6.45) is 6.42. The quantitative estimate of drug-likeness (QED) is 0.158. The van der Waals surface area contributed by atoms with Crippen molar-refractivity contribution in [1.82, 2.24) is 15.0 Å². The third-order valence-corrected chi connectivity index (χ3v) is 7.81. The van der Waals surface area contributed by atoms with Crippen LogP contribution in [0.2, 0.25) is 0 Å². The van der Waals surface area contributed by atoms with Gasteiger partial charge in [0.25, 0.3) is 6.47 Å². The molecule has 2 aromatic carbocycles. The fourth-order valence-corrected chi connectivity index (χ4v) is 5.66. The number of carbonyl (C=O) groups excluding carboxylic acids is 1. The van der Waals surface area contributed by atoms with Crippen LogP contribution in [0.1, 0.15) is 104 Å². The summed E-state index contributed by atoms with van der Waals surface area (Å²) in [5.74, 6) is 1.93. The van der Waals surface area contributed by atoms with Gasteiger partial charge in [0.1, 0.15) is 11.4 Å². The van der Waals surface area contributed by atoms with E-state index >= 15 is 0 Å². The lowest BCUT2D eigenvalue weighted by Gasteiger charge is -2.14. The highest BCUT2D eigenvalue weighted by Gasteiger charge is 2.22. The smallest absolute Gasteiger partial charge is 0.293 e. The van der Waals surface area contributed by atoms with Gasteiger partial charge in [0, 0.05) is 17.7 Å². The SMILES string of the molecule is CC.CC(C)(C)OC=O.CCCC(CCC)c1nc(-c2ccc(OC)cc2)c(-c2ccnc(NC(C)c3ccccc3)n2)s1. The van der Waals surface area contributed by atoms with Gasteiger partial charge in [-0.1, -0.05) is 70.9 Å². The molecule has 0 bridgehead atoms. The number of carbonyl (C=O) groups is 1. The van der Waals surface area contributed by atoms with Crippen LogP contribution in [0.4, 0.5) is 5.95 Å². The monoisotopic (exact) mass is 618 g/mol. The number of benzene rings is 2. The minimum absolute atomic E-state index is 0.100. The molecule has 0 aliphatic rings. The molecule has 1 atom stereocenters. The summed E-state index contributed by atoms with van der Waals surface area (Å²) in [5, 5.41) is 4.65. The summed E-state index contributed by atoms with van der Waals surface area (Å²) in [7, 11) is 1.69. The van der Waals surface area contributed by atoms with Gasteiger partial charge in [-0.05, 0) is 76.4 Å². The predicted octanol–water partition coefficient (Wildman–Crippen LogP) is 10.1. The molecule has 44 heavy (non-hydrogen) atoms. The molecule has 0 fully saturated rings. The number of methoxy groups -OCH3 is 1. The van der Waals surface area contributed by atoms with Gasteiger partial charge in [0.15, 0.2) is 0 Å². The number of nitrogens with one attached hydrogen (secondary N) is 1. The number of hydrogen-bond donors (Lipinski definition) is 1. The molecule has 1 N–H and O–H groups in total. The van der Waals surface area contributed by atoms with Gasteiger partial charge in [-0.25, -0.2) is 15.0 Å². The van der Waals surface area contributed by atoms with Gasteiger partial charge >= 0.3 is 0 Å². The van der Waals surface area contributed by atoms with Crippen molar-refractivity contribution < 1.29 is 14.3 Å². The Morgan fingerprint density at radius 3 is 2.09 bits per heavy atom. The highest BCUT2D eigenvalue weighted by atomic mass is 32.1. The van der Waals surface area contributed by atoms with Crippen LogP contribution in [0, 0.1) is 0 Å². The molecule has 2 aromatic heterocycles. The van der Waals surface area contributed by atoms with Gasteiger partial charge in [-0.2, -0.15) is 0 Å². The van der Waals surface area contributed by atoms with E-state index in [1.165, 1.54) is 10.6 Å². The molecule has 4 rings (SSSR count). The average Bonchev–Trinajstić information content (AvgIpc) is 3.48. The Labute approximate surface area is 268 Å². The van der Waals surface area contributed by atoms with Gasteiger partial charge in [-0.3, -0.25) is 4.79 Å². The zero-order valence-corrected chi connectivity index (χ0v) is 28.7. The number of anilines is 1. The largest absolute Gasteiger partial charge is 0.497 e. The standard InChI is InChI=1S/C29H34N4OS.C5H10O2.C2H6/c1-5-10-23(11-6-2)28-33-26(22-14-16-24(34-4)17-15-22)27(35-28)25-18-19-30-29(32-25)31-20(3)21-12-8-7-9-13-21;1-5(2,3)7-4-6;1-2/h7-9,12-20,23H,5-6,10-11H2,1-4H3,(H,30,31,32);4H,1-3H3;1-2H3. The van der Waals surface area contributed by atoms with Crippen molar-refractivity contribution in [2.24, 2.45) is 0 Å². The second-order valence-electron chi connectivity index (χ2n) is 11.1. The Hall–Kier alpha value is -3.78. The summed E-state index contributed by atoms with van der Waals surface area (Å²) < 4.78 is 9.92. The first-order chi connectivity index (χ1) is 21.2. The molecule has 8 heteroatoms. The van der Waals surface area contributed by atoms with Gasteiger partial charge in [-0.15, -0.1) is 11.3 Å². The van der Waals surface area contributed by atoms with E-state index < -0.39 is 0 Å². The number of nitrogens with zero attached hydrogens (tertiary/aromatic N) is 3. The number of hydrogen-bond acceptors (Lipinski definition) is 8. The molecule has 4 aromatic rings. The summed E-state index contributed by atoms with van der Waals surface area (Å²) >= 11 is 1.77. The molecular formula is C36H50N4O3S. The van der Waals surface area contributed by atoms with Crippen molar-refractivity contribution in [3.05, 3.63) is 77.4 Å². The zero-order valence-electron chi connectivity index (χ0n) is 27.9. The third kappa shape index (κ3) is 11.4. The van der Waals surface area contributed by atoms with Crippen LogP contribution in [-0.2, 0) is 9.53 Å². The predicted molar refractivity (Wildman–Crippen MR) is 184 cm³/mol. The minimum Gasteiger partial charge on any atom is -0.497 e. The molecule has 0 aliphatic carbocycles. The fraction of sp³-hybridized carbons (Fsp3) is 0.444. The topological polar surface area (TPSA) is 86.2 Å². The lowest BCUT2D eigenvalue weighted by atomic mass is 9.99. The van der Waals surface area contributed by atoms with Crippen molar-refractivity contribution in [3.63, 3.8) is 0 Å². The first-order valence-corrected chi connectivity index (χ1v) is 16.4. The second-order valence-corrected chi connectivity index (χ2v) is 12.1. The van der Waals surface area contributed by atoms with Crippen molar-refractivity contribution in [1.29, 1.82) is 0 Å². The molecule has 0 aliphatic heterocycles. The van der Waals surface area contributed by atoms with E-state index in [0.717, 1.165) is 53.3 Å². The van der Waals surface area contributed by atoms with Crippen LogP contribution in [0.5, 0.6) is 5.75 Å².